The summed E-state index contributed by atoms with van der Waals surface area (Å²) in [5.41, 5.74) is 0.658. The lowest BCUT2D eigenvalue weighted by Gasteiger charge is -2.33. The van der Waals surface area contributed by atoms with E-state index in [1.165, 1.54) is 11.0 Å². The molecule has 0 amide bonds. The van der Waals surface area contributed by atoms with Crippen LogP contribution in [0, 0.1) is 5.82 Å². The SMILES string of the molecule is CC[NH+]1CC[NH+]([C@@H](c2ccccc2F)c2nnnn2CCOC)CC1. The summed E-state index contributed by atoms with van der Waals surface area (Å²) in [6.45, 7) is 8.52. The molecule has 2 N–H and O–H groups in total. The molecule has 2 aromatic rings. The van der Waals surface area contributed by atoms with E-state index in [0.717, 1.165) is 32.7 Å². The Balaban J connectivity index is 1.93. The molecule has 25 heavy (non-hydrogen) atoms. The van der Waals surface area contributed by atoms with E-state index in [0.29, 0.717) is 24.5 Å². The number of ether oxygens (including phenoxy) is 1. The van der Waals surface area contributed by atoms with Gasteiger partial charge in [0.2, 0.25) is 5.82 Å². The van der Waals surface area contributed by atoms with Gasteiger partial charge in [-0.05, 0) is 29.5 Å². The molecule has 3 rings (SSSR count). The molecule has 1 saturated heterocycles. The van der Waals surface area contributed by atoms with Gasteiger partial charge in [-0.1, -0.05) is 12.1 Å². The first-order valence-electron chi connectivity index (χ1n) is 8.92. The van der Waals surface area contributed by atoms with Crippen molar-refractivity contribution >= 4 is 0 Å². The predicted molar refractivity (Wildman–Crippen MR) is 89.9 cm³/mol. The third-order valence-corrected chi connectivity index (χ3v) is 5.05. The Bertz CT molecular complexity index is 671. The predicted octanol–water partition coefficient (Wildman–Crippen LogP) is -1.65. The standard InChI is InChI=1S/C17H25FN6O/c1-3-22-8-10-23(11-9-22)16(14-6-4-5-7-15(14)18)17-19-20-21-24(17)12-13-25-2/h4-7,16H,3,8-13H2,1-2H3/p+2/t16-/m0/s1. The van der Waals surface area contributed by atoms with E-state index >= 15 is 0 Å². The van der Waals surface area contributed by atoms with Gasteiger partial charge in [0.1, 0.15) is 32.0 Å². The lowest BCUT2D eigenvalue weighted by atomic mass is 10.0. The number of hydrogen-bond donors (Lipinski definition) is 2. The number of methoxy groups -OCH3 is 1. The smallest absolute Gasteiger partial charge is 0.214 e. The van der Waals surface area contributed by atoms with E-state index in [4.69, 9.17) is 4.74 Å². The van der Waals surface area contributed by atoms with Crippen LogP contribution in [0.4, 0.5) is 4.39 Å². The number of quaternary nitrogens is 2. The number of piperazine rings is 1. The van der Waals surface area contributed by atoms with Crippen molar-refractivity contribution in [1.29, 1.82) is 0 Å². The number of rotatable bonds is 7. The van der Waals surface area contributed by atoms with Crippen molar-refractivity contribution in [3.63, 3.8) is 0 Å². The highest BCUT2D eigenvalue weighted by molar-refractivity contribution is 5.24. The van der Waals surface area contributed by atoms with Crippen LogP contribution in [-0.4, -0.2) is 66.6 Å². The fourth-order valence-corrected chi connectivity index (χ4v) is 3.57. The van der Waals surface area contributed by atoms with Gasteiger partial charge in [-0.25, -0.2) is 9.07 Å². The molecule has 0 saturated carbocycles. The Labute approximate surface area is 147 Å². The second-order valence-corrected chi connectivity index (χ2v) is 6.47. The van der Waals surface area contributed by atoms with Crippen LogP contribution < -0.4 is 9.80 Å². The Morgan fingerprint density at radius 3 is 2.68 bits per heavy atom. The van der Waals surface area contributed by atoms with Crippen LogP contribution in [0.2, 0.25) is 0 Å². The van der Waals surface area contributed by atoms with Gasteiger partial charge in [-0.2, -0.15) is 0 Å². The second kappa shape index (κ2) is 8.46. The summed E-state index contributed by atoms with van der Waals surface area (Å²) < 4.78 is 21.5. The van der Waals surface area contributed by atoms with E-state index in [1.807, 2.05) is 12.1 Å². The maximum absolute atomic E-state index is 14.6. The van der Waals surface area contributed by atoms with Crippen LogP contribution in [-0.2, 0) is 11.3 Å². The quantitative estimate of drug-likeness (QED) is 0.628. The molecule has 136 valence electrons. The van der Waals surface area contributed by atoms with Crippen LogP contribution in [0.1, 0.15) is 24.4 Å². The van der Waals surface area contributed by atoms with Crippen molar-refractivity contribution in [2.45, 2.75) is 19.5 Å². The molecule has 0 unspecified atom stereocenters. The van der Waals surface area contributed by atoms with E-state index < -0.39 is 0 Å². The van der Waals surface area contributed by atoms with Crippen molar-refractivity contribution in [2.75, 3.05) is 46.4 Å². The number of nitrogens with zero attached hydrogens (tertiary/aromatic N) is 4. The number of likely N-dealkylation sites (N-methyl/N-ethyl adjacent to an activating group) is 1. The molecular formula is C17H27FN6O+2. The highest BCUT2D eigenvalue weighted by Crippen LogP contribution is 2.20. The fraction of sp³-hybridized carbons (Fsp3) is 0.588. The van der Waals surface area contributed by atoms with Crippen LogP contribution in [0.5, 0.6) is 0 Å². The van der Waals surface area contributed by atoms with Gasteiger partial charge in [0.05, 0.1) is 25.3 Å². The zero-order chi connectivity index (χ0) is 17.6. The van der Waals surface area contributed by atoms with Gasteiger partial charge in [-0.15, -0.1) is 5.10 Å². The molecule has 1 aromatic heterocycles. The van der Waals surface area contributed by atoms with Gasteiger partial charge >= 0.3 is 0 Å². The topological polar surface area (TPSA) is 61.7 Å². The molecule has 1 aromatic carbocycles. The molecule has 7 nitrogen and oxygen atoms in total. The minimum absolute atomic E-state index is 0.202. The normalized spacial score (nSPS) is 22.0. The molecule has 1 fully saturated rings. The monoisotopic (exact) mass is 350 g/mol. The maximum Gasteiger partial charge on any atom is 0.214 e. The first kappa shape index (κ1) is 17.9. The summed E-state index contributed by atoms with van der Waals surface area (Å²) in [5, 5.41) is 12.2. The molecule has 1 aliphatic rings. The maximum atomic E-state index is 14.6. The van der Waals surface area contributed by atoms with Gasteiger partial charge in [0, 0.05) is 7.11 Å². The summed E-state index contributed by atoms with van der Waals surface area (Å²) in [7, 11) is 1.65. The van der Waals surface area contributed by atoms with Crippen molar-refractivity contribution < 1.29 is 18.9 Å². The largest absolute Gasteiger partial charge is 0.383 e. The number of halogens is 1. The van der Waals surface area contributed by atoms with E-state index in [-0.39, 0.29) is 11.9 Å². The van der Waals surface area contributed by atoms with Gasteiger partial charge in [0.15, 0.2) is 6.04 Å². The van der Waals surface area contributed by atoms with Crippen molar-refractivity contribution in [3.8, 4) is 0 Å². The molecular weight excluding hydrogens is 323 g/mol. The molecule has 0 spiro atoms. The first-order chi connectivity index (χ1) is 12.2. The van der Waals surface area contributed by atoms with Crippen molar-refractivity contribution in [3.05, 3.63) is 41.5 Å². The average Bonchev–Trinajstić information content (AvgIpc) is 3.10. The van der Waals surface area contributed by atoms with Gasteiger partial charge in [0.25, 0.3) is 0 Å². The number of hydrogen-bond acceptors (Lipinski definition) is 4. The number of aromatic nitrogens is 4. The Hall–Kier alpha value is -1.90. The van der Waals surface area contributed by atoms with Crippen LogP contribution in [0.15, 0.2) is 24.3 Å². The summed E-state index contributed by atoms with van der Waals surface area (Å²) in [6, 6.07) is 6.76. The van der Waals surface area contributed by atoms with Crippen LogP contribution >= 0.6 is 0 Å². The molecule has 8 heteroatoms. The zero-order valence-electron chi connectivity index (χ0n) is 14.9. The van der Waals surface area contributed by atoms with E-state index in [9.17, 15) is 4.39 Å². The molecule has 1 aliphatic heterocycles. The fourth-order valence-electron chi connectivity index (χ4n) is 3.57. The van der Waals surface area contributed by atoms with E-state index in [2.05, 4.69) is 22.4 Å². The number of nitrogens with one attached hydrogen (secondary N) is 2. The third-order valence-electron chi connectivity index (χ3n) is 5.05. The highest BCUT2D eigenvalue weighted by Gasteiger charge is 2.36. The Kier molecular flexibility index (Phi) is 6.06. The van der Waals surface area contributed by atoms with Crippen molar-refractivity contribution in [1.82, 2.24) is 20.2 Å². The molecule has 0 aliphatic carbocycles. The molecule has 2 heterocycles. The van der Waals surface area contributed by atoms with Crippen LogP contribution in [0.25, 0.3) is 0 Å². The summed E-state index contributed by atoms with van der Waals surface area (Å²) in [4.78, 5) is 2.91. The summed E-state index contributed by atoms with van der Waals surface area (Å²) >= 11 is 0. The van der Waals surface area contributed by atoms with E-state index in [1.54, 1.807) is 22.8 Å². The van der Waals surface area contributed by atoms with Crippen LogP contribution in [0.3, 0.4) is 0 Å². The molecule has 0 bridgehead atoms. The average molecular weight is 350 g/mol. The van der Waals surface area contributed by atoms with Gasteiger partial charge in [-0.3, -0.25) is 0 Å². The third kappa shape index (κ3) is 4.02. The second-order valence-electron chi connectivity index (χ2n) is 6.47. The zero-order valence-corrected chi connectivity index (χ0v) is 14.9. The number of benzene rings is 1. The molecule has 1 atom stereocenters. The Morgan fingerprint density at radius 1 is 1.24 bits per heavy atom. The summed E-state index contributed by atoms with van der Waals surface area (Å²) in [6.07, 6.45) is 0. The lowest BCUT2D eigenvalue weighted by molar-refractivity contribution is -1.02. The summed E-state index contributed by atoms with van der Waals surface area (Å²) in [5.74, 6) is 0.503. The first-order valence-corrected chi connectivity index (χ1v) is 8.92. The minimum Gasteiger partial charge on any atom is -0.383 e. The highest BCUT2D eigenvalue weighted by atomic mass is 19.1. The number of tetrazole rings is 1. The minimum atomic E-state index is -0.202. The molecule has 0 radical (unpaired) electrons. The Morgan fingerprint density at radius 2 is 2.00 bits per heavy atom. The lowest BCUT2D eigenvalue weighted by Crippen LogP contribution is -3.28. The van der Waals surface area contributed by atoms with Gasteiger partial charge < -0.3 is 14.5 Å². The van der Waals surface area contributed by atoms with Crippen molar-refractivity contribution in [2.24, 2.45) is 0 Å².